The van der Waals surface area contributed by atoms with Crippen molar-refractivity contribution >= 4 is 23.3 Å². The summed E-state index contributed by atoms with van der Waals surface area (Å²) in [5.74, 6) is 0.836. The molecule has 7 heteroatoms. The second-order valence-electron chi connectivity index (χ2n) is 5.66. The van der Waals surface area contributed by atoms with Crippen LogP contribution in [0.1, 0.15) is 23.6 Å². The summed E-state index contributed by atoms with van der Waals surface area (Å²) < 4.78 is 8.01. The van der Waals surface area contributed by atoms with Gasteiger partial charge in [0.15, 0.2) is 4.77 Å². The van der Waals surface area contributed by atoms with E-state index in [1.54, 1.807) is 6.20 Å². The lowest BCUT2D eigenvalue weighted by atomic mass is 9.95. The third-order valence-electron chi connectivity index (χ3n) is 4.25. The van der Waals surface area contributed by atoms with E-state index >= 15 is 0 Å². The molecule has 0 fully saturated rings. The highest BCUT2D eigenvalue weighted by Gasteiger charge is 2.21. The number of H-pyrrole nitrogens is 2. The average Bonchev–Trinajstić information content (AvgIpc) is 3.01. The zero-order chi connectivity index (χ0) is 16.0. The maximum absolute atomic E-state index is 11.9. The van der Waals surface area contributed by atoms with Crippen LogP contribution in [0.2, 0.25) is 0 Å². The SMILES string of the molecule is N[C@@H]1CCOc2cccc(Cn3c(=S)[nH]c(=O)c4[nH]ccc43)c21. The van der Waals surface area contributed by atoms with Crippen molar-refractivity contribution in [2.24, 2.45) is 5.73 Å². The van der Waals surface area contributed by atoms with Gasteiger partial charge in [0.1, 0.15) is 11.3 Å². The molecule has 4 N–H and O–H groups in total. The summed E-state index contributed by atoms with van der Waals surface area (Å²) in [4.78, 5) is 17.6. The van der Waals surface area contributed by atoms with E-state index in [0.717, 1.165) is 28.8 Å². The number of benzene rings is 1. The lowest BCUT2D eigenvalue weighted by Crippen LogP contribution is -2.23. The first-order valence-corrected chi connectivity index (χ1v) is 7.86. The standard InChI is InChI=1S/C16H16N4O2S/c17-10-5-7-22-12-3-1-2-9(13(10)12)8-20-11-4-6-18-14(11)15(21)19-16(20)23/h1-4,6,10,18H,5,7-8,17H2,(H,19,21,23)/t10-/m1/s1. The van der Waals surface area contributed by atoms with E-state index in [1.807, 2.05) is 28.8 Å². The molecule has 0 bridgehead atoms. The third-order valence-corrected chi connectivity index (χ3v) is 4.57. The van der Waals surface area contributed by atoms with Crippen LogP contribution in [0, 0.1) is 4.77 Å². The van der Waals surface area contributed by atoms with Gasteiger partial charge in [-0.2, -0.15) is 0 Å². The molecule has 1 aliphatic rings. The van der Waals surface area contributed by atoms with Gasteiger partial charge in [-0.3, -0.25) is 9.78 Å². The van der Waals surface area contributed by atoms with Crippen LogP contribution in [0.4, 0.5) is 0 Å². The molecular weight excluding hydrogens is 312 g/mol. The van der Waals surface area contributed by atoms with E-state index in [2.05, 4.69) is 9.97 Å². The monoisotopic (exact) mass is 328 g/mol. The lowest BCUT2D eigenvalue weighted by molar-refractivity contribution is 0.268. The predicted molar refractivity (Wildman–Crippen MR) is 90.3 cm³/mol. The molecular formula is C16H16N4O2S. The molecule has 1 atom stereocenters. The Kier molecular flexibility index (Phi) is 3.32. The molecule has 4 rings (SSSR count). The van der Waals surface area contributed by atoms with Crippen molar-refractivity contribution in [1.82, 2.24) is 14.5 Å². The molecule has 3 heterocycles. The van der Waals surface area contributed by atoms with Gasteiger partial charge in [-0.25, -0.2) is 0 Å². The topological polar surface area (TPSA) is 88.8 Å². The summed E-state index contributed by atoms with van der Waals surface area (Å²) in [6.45, 7) is 1.17. The van der Waals surface area contributed by atoms with E-state index < -0.39 is 0 Å². The number of rotatable bonds is 2. The maximum atomic E-state index is 11.9. The van der Waals surface area contributed by atoms with Gasteiger partial charge in [-0.15, -0.1) is 0 Å². The highest BCUT2D eigenvalue weighted by atomic mass is 32.1. The Labute approximate surface area is 136 Å². The van der Waals surface area contributed by atoms with Crippen molar-refractivity contribution < 1.29 is 4.74 Å². The van der Waals surface area contributed by atoms with Crippen LogP contribution < -0.4 is 16.0 Å². The number of nitrogens with zero attached hydrogens (tertiary/aromatic N) is 1. The Balaban J connectivity index is 1.89. The van der Waals surface area contributed by atoms with Crippen LogP contribution in [-0.2, 0) is 6.54 Å². The molecule has 1 aromatic carbocycles. The summed E-state index contributed by atoms with van der Waals surface area (Å²) in [5, 5.41) is 0. The minimum Gasteiger partial charge on any atom is -0.493 e. The summed E-state index contributed by atoms with van der Waals surface area (Å²) in [6, 6.07) is 7.73. The van der Waals surface area contributed by atoms with Gasteiger partial charge in [-0.1, -0.05) is 12.1 Å². The first kappa shape index (κ1) is 14.2. The van der Waals surface area contributed by atoms with Crippen LogP contribution >= 0.6 is 12.2 Å². The van der Waals surface area contributed by atoms with Gasteiger partial charge >= 0.3 is 0 Å². The Morgan fingerprint density at radius 1 is 1.39 bits per heavy atom. The van der Waals surface area contributed by atoms with Gasteiger partial charge in [-0.05, 0) is 29.9 Å². The summed E-state index contributed by atoms with van der Waals surface area (Å²) in [6.07, 6.45) is 2.53. The average molecular weight is 328 g/mol. The molecule has 2 aromatic heterocycles. The highest BCUT2D eigenvalue weighted by Crippen LogP contribution is 2.33. The van der Waals surface area contributed by atoms with Crippen molar-refractivity contribution in [2.45, 2.75) is 19.0 Å². The van der Waals surface area contributed by atoms with Crippen molar-refractivity contribution in [2.75, 3.05) is 6.61 Å². The molecule has 0 unspecified atom stereocenters. The molecule has 3 aromatic rings. The number of fused-ring (bicyclic) bond motifs is 2. The minimum atomic E-state index is -0.207. The molecule has 6 nitrogen and oxygen atoms in total. The Hall–Kier alpha value is -2.38. The molecule has 1 aliphatic heterocycles. The molecule has 0 saturated heterocycles. The number of hydrogen-bond acceptors (Lipinski definition) is 4. The summed E-state index contributed by atoms with van der Waals surface area (Å²) in [5.41, 5.74) is 9.45. The van der Waals surface area contributed by atoms with Crippen LogP contribution in [0.15, 0.2) is 35.3 Å². The van der Waals surface area contributed by atoms with Crippen molar-refractivity contribution in [1.29, 1.82) is 0 Å². The second-order valence-corrected chi connectivity index (χ2v) is 6.04. The van der Waals surface area contributed by atoms with Crippen LogP contribution in [-0.4, -0.2) is 21.1 Å². The maximum Gasteiger partial charge on any atom is 0.276 e. The third kappa shape index (κ3) is 2.29. The van der Waals surface area contributed by atoms with Crippen molar-refractivity contribution in [3.63, 3.8) is 0 Å². The zero-order valence-electron chi connectivity index (χ0n) is 12.3. The van der Waals surface area contributed by atoms with Gasteiger partial charge in [0.2, 0.25) is 0 Å². The Morgan fingerprint density at radius 2 is 2.26 bits per heavy atom. The van der Waals surface area contributed by atoms with Gasteiger partial charge < -0.3 is 20.0 Å². The molecule has 0 amide bonds. The van der Waals surface area contributed by atoms with E-state index in [9.17, 15) is 4.79 Å². The smallest absolute Gasteiger partial charge is 0.276 e. The number of ether oxygens (including phenoxy) is 1. The molecule has 0 spiro atoms. The van der Waals surface area contributed by atoms with Gasteiger partial charge in [0.25, 0.3) is 5.56 Å². The number of hydrogen-bond donors (Lipinski definition) is 3. The fraction of sp³-hybridized carbons (Fsp3) is 0.250. The van der Waals surface area contributed by atoms with Crippen LogP contribution in [0.5, 0.6) is 5.75 Å². The molecule has 0 saturated carbocycles. The summed E-state index contributed by atoms with van der Waals surface area (Å²) in [7, 11) is 0. The molecule has 0 radical (unpaired) electrons. The predicted octanol–water partition coefficient (Wildman–Crippen LogP) is 2.22. The first-order chi connectivity index (χ1) is 11.1. The molecule has 0 aliphatic carbocycles. The lowest BCUT2D eigenvalue weighted by Gasteiger charge is -2.26. The molecule has 23 heavy (non-hydrogen) atoms. The number of nitrogens with two attached hydrogens (primary N) is 1. The fourth-order valence-corrected chi connectivity index (χ4v) is 3.40. The Morgan fingerprint density at radius 3 is 3.13 bits per heavy atom. The van der Waals surface area contributed by atoms with Crippen molar-refractivity contribution in [3.05, 3.63) is 56.7 Å². The number of aromatic nitrogens is 3. The highest BCUT2D eigenvalue weighted by molar-refractivity contribution is 7.71. The normalized spacial score (nSPS) is 17.0. The second kappa shape index (κ2) is 5.36. The van der Waals surface area contributed by atoms with Crippen LogP contribution in [0.25, 0.3) is 11.0 Å². The zero-order valence-corrected chi connectivity index (χ0v) is 13.2. The number of aromatic amines is 2. The first-order valence-electron chi connectivity index (χ1n) is 7.45. The minimum absolute atomic E-state index is 0.0476. The Bertz CT molecular complexity index is 1000. The van der Waals surface area contributed by atoms with E-state index in [1.165, 1.54) is 0 Å². The van der Waals surface area contributed by atoms with E-state index in [-0.39, 0.29) is 11.6 Å². The van der Waals surface area contributed by atoms with Crippen molar-refractivity contribution in [3.8, 4) is 5.75 Å². The van der Waals surface area contributed by atoms with E-state index in [4.69, 9.17) is 22.7 Å². The van der Waals surface area contributed by atoms with Gasteiger partial charge in [0.05, 0.1) is 18.7 Å². The fourth-order valence-electron chi connectivity index (χ4n) is 3.15. The largest absolute Gasteiger partial charge is 0.493 e. The molecule has 118 valence electrons. The summed E-state index contributed by atoms with van der Waals surface area (Å²) >= 11 is 5.35. The van der Waals surface area contributed by atoms with Crippen LogP contribution in [0.3, 0.4) is 0 Å². The quantitative estimate of drug-likeness (QED) is 0.629. The van der Waals surface area contributed by atoms with E-state index in [0.29, 0.717) is 23.4 Å². The number of nitrogens with one attached hydrogen (secondary N) is 2. The van der Waals surface area contributed by atoms with Gasteiger partial charge in [0, 0.05) is 24.2 Å².